The van der Waals surface area contributed by atoms with Crippen molar-refractivity contribution in [2.24, 2.45) is 5.73 Å². The van der Waals surface area contributed by atoms with Crippen LogP contribution in [0.1, 0.15) is 18.9 Å². The van der Waals surface area contributed by atoms with Crippen molar-refractivity contribution in [1.82, 2.24) is 5.32 Å². The van der Waals surface area contributed by atoms with E-state index in [1.807, 2.05) is 23.1 Å². The molecule has 1 aliphatic rings. The second-order valence-corrected chi connectivity index (χ2v) is 4.56. The standard InChI is InChI=1S/C13H17N3O2/c1-9-6-7-10-4-2-3-5-11(10)16(9)8-12(17)15-13(14)18/h2-5,9H,6-8H2,1H3,(H3,14,15,17,18). The van der Waals surface area contributed by atoms with Gasteiger partial charge in [-0.25, -0.2) is 4.79 Å². The Morgan fingerprint density at radius 2 is 2.17 bits per heavy atom. The van der Waals surface area contributed by atoms with Crippen LogP contribution in [0, 0.1) is 0 Å². The molecule has 96 valence electrons. The summed E-state index contributed by atoms with van der Waals surface area (Å²) in [6.45, 7) is 2.23. The molecule has 5 nitrogen and oxygen atoms in total. The Hall–Kier alpha value is -2.04. The number of benzene rings is 1. The quantitative estimate of drug-likeness (QED) is 0.819. The van der Waals surface area contributed by atoms with Gasteiger partial charge in [0.25, 0.3) is 0 Å². The average Bonchev–Trinajstić information content (AvgIpc) is 2.32. The molecular formula is C13H17N3O2. The minimum Gasteiger partial charge on any atom is -0.359 e. The Kier molecular flexibility index (Phi) is 3.50. The van der Waals surface area contributed by atoms with Gasteiger partial charge < -0.3 is 10.6 Å². The van der Waals surface area contributed by atoms with E-state index in [9.17, 15) is 9.59 Å². The van der Waals surface area contributed by atoms with E-state index in [-0.39, 0.29) is 18.5 Å². The highest BCUT2D eigenvalue weighted by atomic mass is 16.2. The van der Waals surface area contributed by atoms with E-state index >= 15 is 0 Å². The molecule has 1 aromatic carbocycles. The molecule has 0 bridgehead atoms. The van der Waals surface area contributed by atoms with Crippen LogP contribution in [0.3, 0.4) is 0 Å². The number of rotatable bonds is 2. The van der Waals surface area contributed by atoms with Gasteiger partial charge in [-0.05, 0) is 31.4 Å². The Labute approximate surface area is 106 Å². The molecule has 1 aliphatic heterocycles. The summed E-state index contributed by atoms with van der Waals surface area (Å²) in [5, 5.41) is 2.10. The highest BCUT2D eigenvalue weighted by molar-refractivity contribution is 5.95. The van der Waals surface area contributed by atoms with Crippen molar-refractivity contribution in [2.45, 2.75) is 25.8 Å². The molecule has 0 aromatic heterocycles. The first-order chi connectivity index (χ1) is 8.58. The topological polar surface area (TPSA) is 75.4 Å². The van der Waals surface area contributed by atoms with Gasteiger partial charge in [-0.15, -0.1) is 0 Å². The van der Waals surface area contributed by atoms with Crippen LogP contribution in [0.4, 0.5) is 10.5 Å². The number of anilines is 1. The fourth-order valence-electron chi connectivity index (χ4n) is 2.33. The molecule has 1 heterocycles. The van der Waals surface area contributed by atoms with Crippen LogP contribution in [0.5, 0.6) is 0 Å². The van der Waals surface area contributed by atoms with Crippen molar-refractivity contribution in [1.29, 1.82) is 0 Å². The average molecular weight is 247 g/mol. The van der Waals surface area contributed by atoms with Crippen LogP contribution in [0.2, 0.25) is 0 Å². The summed E-state index contributed by atoms with van der Waals surface area (Å²) in [5.74, 6) is -0.369. The van der Waals surface area contributed by atoms with E-state index in [2.05, 4.69) is 18.3 Å². The number of carbonyl (C=O) groups excluding carboxylic acids is 2. The number of urea groups is 1. The third-order valence-electron chi connectivity index (χ3n) is 3.24. The number of hydrogen-bond donors (Lipinski definition) is 2. The second kappa shape index (κ2) is 5.08. The molecule has 0 fully saturated rings. The van der Waals surface area contributed by atoms with E-state index in [1.165, 1.54) is 5.56 Å². The summed E-state index contributed by atoms with van der Waals surface area (Å²) in [6.07, 6.45) is 2.02. The lowest BCUT2D eigenvalue weighted by Crippen LogP contribution is -2.46. The summed E-state index contributed by atoms with van der Waals surface area (Å²) in [4.78, 5) is 24.3. The summed E-state index contributed by atoms with van der Waals surface area (Å²) in [7, 11) is 0. The molecule has 0 aliphatic carbocycles. The summed E-state index contributed by atoms with van der Waals surface area (Å²) in [6, 6.07) is 7.49. The van der Waals surface area contributed by atoms with Crippen molar-refractivity contribution in [3.8, 4) is 0 Å². The molecule has 1 atom stereocenters. The van der Waals surface area contributed by atoms with Gasteiger partial charge in [0.15, 0.2) is 0 Å². The van der Waals surface area contributed by atoms with Crippen LogP contribution in [-0.2, 0) is 11.2 Å². The van der Waals surface area contributed by atoms with E-state index < -0.39 is 6.03 Å². The zero-order valence-electron chi connectivity index (χ0n) is 10.3. The molecular weight excluding hydrogens is 230 g/mol. The van der Waals surface area contributed by atoms with Crippen LogP contribution >= 0.6 is 0 Å². The van der Waals surface area contributed by atoms with Crippen LogP contribution < -0.4 is 16.0 Å². The number of amides is 3. The molecule has 3 amide bonds. The number of aryl methyl sites for hydroxylation is 1. The van der Waals surface area contributed by atoms with Gasteiger partial charge in [-0.1, -0.05) is 18.2 Å². The number of hydrogen-bond acceptors (Lipinski definition) is 3. The van der Waals surface area contributed by atoms with Crippen LogP contribution in [-0.4, -0.2) is 24.5 Å². The number of imide groups is 1. The highest BCUT2D eigenvalue weighted by Crippen LogP contribution is 2.29. The first kappa shape index (κ1) is 12.4. The van der Waals surface area contributed by atoms with Gasteiger partial charge in [-0.2, -0.15) is 0 Å². The van der Waals surface area contributed by atoms with Crippen molar-refractivity contribution < 1.29 is 9.59 Å². The molecule has 0 saturated carbocycles. The second-order valence-electron chi connectivity index (χ2n) is 4.56. The lowest BCUT2D eigenvalue weighted by molar-refractivity contribution is -0.118. The fourth-order valence-corrected chi connectivity index (χ4v) is 2.33. The van der Waals surface area contributed by atoms with Gasteiger partial charge in [-0.3, -0.25) is 10.1 Å². The number of para-hydroxylation sites is 1. The Morgan fingerprint density at radius 3 is 2.89 bits per heavy atom. The summed E-state index contributed by atoms with van der Waals surface area (Å²) in [5.41, 5.74) is 7.24. The number of fused-ring (bicyclic) bond motifs is 1. The van der Waals surface area contributed by atoms with E-state index in [1.54, 1.807) is 0 Å². The van der Waals surface area contributed by atoms with Crippen LogP contribution in [0.25, 0.3) is 0 Å². The molecule has 2 rings (SSSR count). The maximum absolute atomic E-state index is 11.6. The van der Waals surface area contributed by atoms with Crippen molar-refractivity contribution >= 4 is 17.6 Å². The molecule has 1 aromatic rings. The van der Waals surface area contributed by atoms with E-state index in [0.29, 0.717) is 0 Å². The maximum Gasteiger partial charge on any atom is 0.318 e. The minimum absolute atomic E-state index is 0.154. The smallest absolute Gasteiger partial charge is 0.318 e. The van der Waals surface area contributed by atoms with Gasteiger partial charge in [0.1, 0.15) is 0 Å². The monoisotopic (exact) mass is 247 g/mol. The molecule has 5 heteroatoms. The summed E-state index contributed by atoms with van der Waals surface area (Å²) < 4.78 is 0. The molecule has 0 radical (unpaired) electrons. The van der Waals surface area contributed by atoms with Gasteiger partial charge in [0.05, 0.1) is 6.54 Å². The van der Waals surface area contributed by atoms with Gasteiger partial charge >= 0.3 is 6.03 Å². The Balaban J connectivity index is 2.16. The molecule has 0 saturated heterocycles. The zero-order chi connectivity index (χ0) is 13.1. The van der Waals surface area contributed by atoms with Crippen molar-refractivity contribution in [2.75, 3.05) is 11.4 Å². The number of nitrogens with one attached hydrogen (secondary N) is 1. The number of carbonyl (C=O) groups is 2. The fraction of sp³-hybridized carbons (Fsp3) is 0.385. The lowest BCUT2D eigenvalue weighted by atomic mass is 9.97. The van der Waals surface area contributed by atoms with E-state index in [0.717, 1.165) is 18.5 Å². The van der Waals surface area contributed by atoms with Gasteiger partial charge in [0.2, 0.25) is 5.91 Å². The normalized spacial score (nSPS) is 18.1. The first-order valence-corrected chi connectivity index (χ1v) is 6.02. The predicted molar refractivity (Wildman–Crippen MR) is 69.3 cm³/mol. The minimum atomic E-state index is -0.807. The molecule has 0 spiro atoms. The lowest BCUT2D eigenvalue weighted by Gasteiger charge is -2.36. The maximum atomic E-state index is 11.6. The third kappa shape index (κ3) is 2.61. The molecule has 3 N–H and O–H groups in total. The number of nitrogens with zero attached hydrogens (tertiary/aromatic N) is 1. The highest BCUT2D eigenvalue weighted by Gasteiger charge is 2.24. The van der Waals surface area contributed by atoms with Gasteiger partial charge in [0, 0.05) is 11.7 Å². The number of nitrogens with two attached hydrogens (primary N) is 1. The Bertz CT molecular complexity index is 473. The molecule has 18 heavy (non-hydrogen) atoms. The largest absolute Gasteiger partial charge is 0.359 e. The predicted octanol–water partition coefficient (Wildman–Crippen LogP) is 1.02. The van der Waals surface area contributed by atoms with E-state index in [4.69, 9.17) is 5.73 Å². The first-order valence-electron chi connectivity index (χ1n) is 6.02. The van der Waals surface area contributed by atoms with Crippen molar-refractivity contribution in [3.63, 3.8) is 0 Å². The molecule has 1 unspecified atom stereocenters. The third-order valence-corrected chi connectivity index (χ3v) is 3.24. The van der Waals surface area contributed by atoms with Crippen molar-refractivity contribution in [3.05, 3.63) is 29.8 Å². The number of primary amides is 1. The zero-order valence-corrected chi connectivity index (χ0v) is 10.3. The SMILES string of the molecule is CC1CCc2ccccc2N1CC(=O)NC(N)=O. The summed E-state index contributed by atoms with van der Waals surface area (Å²) >= 11 is 0. The van der Waals surface area contributed by atoms with Crippen LogP contribution in [0.15, 0.2) is 24.3 Å². The Morgan fingerprint density at radius 1 is 1.44 bits per heavy atom.